The Hall–Kier alpha value is -1.42. The molecule has 2 rings (SSSR count). The van der Waals surface area contributed by atoms with E-state index in [4.69, 9.17) is 21.4 Å². The van der Waals surface area contributed by atoms with Gasteiger partial charge >= 0.3 is 5.97 Å². The van der Waals surface area contributed by atoms with Crippen LogP contribution < -0.4 is 9.64 Å². The summed E-state index contributed by atoms with van der Waals surface area (Å²) >= 11 is 5.85. The van der Waals surface area contributed by atoms with E-state index >= 15 is 0 Å². The van der Waals surface area contributed by atoms with Crippen LogP contribution in [0.25, 0.3) is 0 Å². The van der Waals surface area contributed by atoms with E-state index in [9.17, 15) is 4.79 Å². The highest BCUT2D eigenvalue weighted by atomic mass is 35.5. The molecule has 1 heterocycles. The quantitative estimate of drug-likeness (QED) is 0.861. The minimum Gasteiger partial charge on any atom is -0.489 e. The van der Waals surface area contributed by atoms with Crippen LogP contribution in [0.4, 0.5) is 5.69 Å². The first-order chi connectivity index (χ1) is 7.58. The van der Waals surface area contributed by atoms with Crippen LogP contribution in [0.1, 0.15) is 6.42 Å². The van der Waals surface area contributed by atoms with E-state index in [1.807, 2.05) is 18.0 Å². The van der Waals surface area contributed by atoms with Crippen LogP contribution in [-0.2, 0) is 4.79 Å². The van der Waals surface area contributed by atoms with Crippen molar-refractivity contribution in [2.75, 3.05) is 18.6 Å². The monoisotopic (exact) mass is 241 g/mol. The number of carboxylic acids is 1. The normalized spacial score (nSPS) is 18.9. The van der Waals surface area contributed by atoms with E-state index in [1.54, 1.807) is 12.1 Å². The summed E-state index contributed by atoms with van der Waals surface area (Å²) in [6.07, 6.45) is 0.0680. The van der Waals surface area contributed by atoms with Gasteiger partial charge in [-0.05, 0) is 12.1 Å². The first-order valence-electron chi connectivity index (χ1n) is 4.95. The molecular weight excluding hydrogens is 230 g/mol. The summed E-state index contributed by atoms with van der Waals surface area (Å²) in [6, 6.07) is 5.21. The highest BCUT2D eigenvalue weighted by molar-refractivity contribution is 6.30. The summed E-state index contributed by atoms with van der Waals surface area (Å²) in [5.74, 6) is -0.116. The molecule has 0 saturated carbocycles. The van der Waals surface area contributed by atoms with Gasteiger partial charge in [0, 0.05) is 18.1 Å². The van der Waals surface area contributed by atoms with Crippen LogP contribution in [-0.4, -0.2) is 30.8 Å². The van der Waals surface area contributed by atoms with Crippen LogP contribution in [0.2, 0.25) is 5.02 Å². The van der Waals surface area contributed by atoms with Gasteiger partial charge in [0.1, 0.15) is 12.4 Å². The van der Waals surface area contributed by atoms with E-state index in [1.165, 1.54) is 0 Å². The number of likely N-dealkylation sites (N-methyl/N-ethyl adjacent to an activating group) is 1. The molecule has 0 unspecified atom stereocenters. The maximum Gasteiger partial charge on any atom is 0.305 e. The van der Waals surface area contributed by atoms with E-state index in [2.05, 4.69) is 0 Å². The Labute approximate surface area is 98.4 Å². The Kier molecular flexibility index (Phi) is 2.92. The molecule has 1 N–H and O–H groups in total. The fourth-order valence-electron chi connectivity index (χ4n) is 1.79. The molecule has 0 bridgehead atoms. The molecule has 1 atom stereocenters. The van der Waals surface area contributed by atoms with Crippen molar-refractivity contribution in [3.05, 3.63) is 23.2 Å². The largest absolute Gasteiger partial charge is 0.489 e. The molecular formula is C11H12ClNO3. The number of hydrogen-bond donors (Lipinski definition) is 1. The van der Waals surface area contributed by atoms with Gasteiger partial charge in [0.05, 0.1) is 18.2 Å². The molecule has 5 heteroatoms. The molecule has 1 aromatic carbocycles. The molecule has 0 amide bonds. The Morgan fingerprint density at radius 1 is 1.69 bits per heavy atom. The first-order valence-corrected chi connectivity index (χ1v) is 5.32. The predicted octanol–water partition coefficient (Wildman–Crippen LogP) is 2.01. The van der Waals surface area contributed by atoms with Crippen molar-refractivity contribution in [3.8, 4) is 5.75 Å². The lowest BCUT2D eigenvalue weighted by Crippen LogP contribution is -2.41. The van der Waals surface area contributed by atoms with Crippen LogP contribution >= 0.6 is 11.6 Å². The van der Waals surface area contributed by atoms with E-state index in [-0.39, 0.29) is 12.5 Å². The Balaban J connectivity index is 2.25. The van der Waals surface area contributed by atoms with Crippen molar-refractivity contribution in [3.63, 3.8) is 0 Å². The molecule has 4 nitrogen and oxygen atoms in total. The lowest BCUT2D eigenvalue weighted by atomic mass is 10.1. The maximum atomic E-state index is 10.7. The third-order valence-electron chi connectivity index (χ3n) is 2.69. The molecule has 0 aliphatic carbocycles. The maximum absolute atomic E-state index is 10.7. The van der Waals surface area contributed by atoms with Gasteiger partial charge in [0.15, 0.2) is 0 Å². The molecule has 0 spiro atoms. The zero-order chi connectivity index (χ0) is 11.7. The van der Waals surface area contributed by atoms with Crippen LogP contribution in [0.15, 0.2) is 18.2 Å². The minimum atomic E-state index is -0.821. The lowest BCUT2D eigenvalue weighted by Gasteiger charge is -2.35. The third-order valence-corrected chi connectivity index (χ3v) is 2.93. The molecule has 0 fully saturated rings. The summed E-state index contributed by atoms with van der Waals surface area (Å²) in [7, 11) is 1.86. The summed E-state index contributed by atoms with van der Waals surface area (Å²) < 4.78 is 5.50. The van der Waals surface area contributed by atoms with Crippen molar-refractivity contribution in [2.24, 2.45) is 0 Å². The average Bonchev–Trinajstić information content (AvgIpc) is 2.22. The zero-order valence-corrected chi connectivity index (χ0v) is 9.57. The number of ether oxygens (including phenoxy) is 1. The fourth-order valence-corrected chi connectivity index (χ4v) is 1.95. The number of rotatable bonds is 2. The van der Waals surface area contributed by atoms with Crippen molar-refractivity contribution in [1.29, 1.82) is 0 Å². The van der Waals surface area contributed by atoms with Crippen LogP contribution in [0.3, 0.4) is 0 Å². The number of benzene rings is 1. The SMILES string of the molecule is CN1c2ccc(Cl)cc2OC[C@H]1CC(=O)O. The van der Waals surface area contributed by atoms with Crippen LogP contribution in [0, 0.1) is 0 Å². The van der Waals surface area contributed by atoms with Gasteiger partial charge < -0.3 is 14.7 Å². The highest BCUT2D eigenvalue weighted by Crippen LogP contribution is 2.35. The Morgan fingerprint density at radius 2 is 2.44 bits per heavy atom. The Morgan fingerprint density at radius 3 is 3.12 bits per heavy atom. The van der Waals surface area contributed by atoms with Crippen molar-refractivity contribution >= 4 is 23.3 Å². The number of carbonyl (C=O) groups is 1. The molecule has 1 aliphatic heterocycles. The smallest absolute Gasteiger partial charge is 0.305 e. The molecule has 0 saturated heterocycles. The number of nitrogens with zero attached hydrogens (tertiary/aromatic N) is 1. The Bertz CT molecular complexity index is 422. The van der Waals surface area contributed by atoms with Gasteiger partial charge in [-0.1, -0.05) is 11.6 Å². The molecule has 0 radical (unpaired) electrons. The highest BCUT2D eigenvalue weighted by Gasteiger charge is 2.26. The van der Waals surface area contributed by atoms with Gasteiger partial charge in [-0.3, -0.25) is 4.79 Å². The number of halogens is 1. The summed E-state index contributed by atoms with van der Waals surface area (Å²) in [6.45, 7) is 0.371. The topological polar surface area (TPSA) is 49.8 Å². The van der Waals surface area contributed by atoms with Crippen molar-refractivity contribution < 1.29 is 14.6 Å². The predicted molar refractivity (Wildman–Crippen MR) is 61.4 cm³/mol. The standard InChI is InChI=1S/C11H12ClNO3/c1-13-8(5-11(14)15)6-16-10-4-7(12)2-3-9(10)13/h2-4,8H,5-6H2,1H3,(H,14,15)/t8-/m1/s1. The number of anilines is 1. The second-order valence-electron chi connectivity index (χ2n) is 3.79. The zero-order valence-electron chi connectivity index (χ0n) is 8.81. The number of hydrogen-bond acceptors (Lipinski definition) is 3. The second kappa shape index (κ2) is 4.22. The summed E-state index contributed by atoms with van der Waals surface area (Å²) in [4.78, 5) is 12.6. The molecule has 1 aliphatic rings. The lowest BCUT2D eigenvalue weighted by molar-refractivity contribution is -0.137. The van der Waals surface area contributed by atoms with Gasteiger partial charge in [-0.25, -0.2) is 0 Å². The molecule has 86 valence electrons. The molecule has 1 aromatic rings. The summed E-state index contributed by atoms with van der Waals surface area (Å²) in [5.41, 5.74) is 0.877. The number of carboxylic acid groups (broad SMARTS) is 1. The average molecular weight is 242 g/mol. The molecule has 16 heavy (non-hydrogen) atoms. The first kappa shape index (κ1) is 11.1. The molecule has 0 aromatic heterocycles. The van der Waals surface area contributed by atoms with Crippen molar-refractivity contribution in [2.45, 2.75) is 12.5 Å². The van der Waals surface area contributed by atoms with Crippen molar-refractivity contribution in [1.82, 2.24) is 0 Å². The van der Waals surface area contributed by atoms with Gasteiger partial charge in [-0.2, -0.15) is 0 Å². The number of fused-ring (bicyclic) bond motifs is 1. The van der Waals surface area contributed by atoms with E-state index < -0.39 is 5.97 Å². The van der Waals surface area contributed by atoms with Crippen LogP contribution in [0.5, 0.6) is 5.75 Å². The van der Waals surface area contributed by atoms with E-state index in [0.29, 0.717) is 17.4 Å². The van der Waals surface area contributed by atoms with Gasteiger partial charge in [0.25, 0.3) is 0 Å². The second-order valence-corrected chi connectivity index (χ2v) is 4.22. The number of aliphatic carboxylic acids is 1. The minimum absolute atomic E-state index is 0.0680. The summed E-state index contributed by atoms with van der Waals surface area (Å²) in [5, 5.41) is 9.39. The van der Waals surface area contributed by atoms with Gasteiger partial charge in [0.2, 0.25) is 0 Å². The third kappa shape index (κ3) is 2.07. The fraction of sp³-hybridized carbons (Fsp3) is 0.364. The van der Waals surface area contributed by atoms with E-state index in [0.717, 1.165) is 5.69 Å². The van der Waals surface area contributed by atoms with Gasteiger partial charge in [-0.15, -0.1) is 0 Å².